The van der Waals surface area contributed by atoms with Gasteiger partial charge in [-0.2, -0.15) is 0 Å². The quantitative estimate of drug-likeness (QED) is 0.526. The summed E-state index contributed by atoms with van der Waals surface area (Å²) in [4.78, 5) is 24.2. The molecule has 0 aliphatic rings. The second-order valence-electron chi connectivity index (χ2n) is 4.44. The highest BCUT2D eigenvalue weighted by Gasteiger charge is 2.24. The maximum absolute atomic E-state index is 11.6. The van der Waals surface area contributed by atoms with Crippen molar-refractivity contribution < 1.29 is 19.8 Å². The summed E-state index contributed by atoms with van der Waals surface area (Å²) in [6.45, 7) is 4.89. The highest BCUT2D eigenvalue weighted by atomic mass is 16.3. The van der Waals surface area contributed by atoms with Crippen molar-refractivity contribution in [2.75, 3.05) is 26.3 Å². The van der Waals surface area contributed by atoms with Gasteiger partial charge in [-0.1, -0.05) is 0 Å². The van der Waals surface area contributed by atoms with Crippen molar-refractivity contribution in [3.8, 4) is 0 Å². The molecule has 0 bridgehead atoms. The maximum atomic E-state index is 11.6. The van der Waals surface area contributed by atoms with Gasteiger partial charge >= 0.3 is 11.8 Å². The van der Waals surface area contributed by atoms with Crippen molar-refractivity contribution in [2.24, 2.45) is 0 Å². The lowest BCUT2D eigenvalue weighted by Gasteiger charge is -2.24. The third kappa shape index (κ3) is 5.67. The van der Waals surface area contributed by atoms with E-state index < -0.39 is 17.4 Å². The van der Waals surface area contributed by atoms with Crippen LogP contribution in [0.1, 0.15) is 20.8 Å². The number of hydrogen-bond acceptors (Lipinski definition) is 4. The van der Waals surface area contributed by atoms with Crippen molar-refractivity contribution >= 4 is 11.8 Å². The molecule has 2 amide bonds. The zero-order valence-corrected chi connectivity index (χ0v) is 9.99. The van der Waals surface area contributed by atoms with Gasteiger partial charge in [0, 0.05) is 18.6 Å². The molecule has 0 saturated carbocycles. The van der Waals surface area contributed by atoms with Gasteiger partial charge in [-0.3, -0.25) is 9.59 Å². The molecule has 0 radical (unpaired) electrons. The molecule has 0 unspecified atom stereocenters. The van der Waals surface area contributed by atoms with Crippen LogP contribution in [0.15, 0.2) is 0 Å². The first kappa shape index (κ1) is 14.9. The van der Waals surface area contributed by atoms with E-state index in [0.29, 0.717) is 0 Å². The number of hydrogen-bond donors (Lipinski definition) is 3. The first-order chi connectivity index (χ1) is 7.31. The van der Waals surface area contributed by atoms with Crippen LogP contribution in [0, 0.1) is 0 Å². The van der Waals surface area contributed by atoms with Crippen LogP contribution in [0.5, 0.6) is 0 Å². The average Bonchev–Trinajstić information content (AvgIpc) is 2.13. The Morgan fingerprint density at radius 1 is 1.12 bits per heavy atom. The third-order valence-electron chi connectivity index (χ3n) is 1.71. The van der Waals surface area contributed by atoms with Crippen LogP contribution in [0.3, 0.4) is 0 Å². The Bertz CT molecular complexity index is 242. The molecular weight excluding hydrogens is 212 g/mol. The average molecular weight is 232 g/mol. The molecule has 0 saturated heterocycles. The van der Waals surface area contributed by atoms with Gasteiger partial charge in [-0.25, -0.2) is 0 Å². The number of rotatable bonds is 4. The minimum atomic E-state index is -0.738. The van der Waals surface area contributed by atoms with E-state index in [0.717, 1.165) is 4.90 Å². The number of nitrogens with one attached hydrogen (secondary N) is 1. The Labute approximate surface area is 95.2 Å². The minimum Gasteiger partial charge on any atom is -0.395 e. The van der Waals surface area contributed by atoms with Gasteiger partial charge in [-0.05, 0) is 20.8 Å². The van der Waals surface area contributed by atoms with Crippen LogP contribution < -0.4 is 5.32 Å². The molecule has 3 N–H and O–H groups in total. The van der Waals surface area contributed by atoms with E-state index in [9.17, 15) is 9.59 Å². The number of aliphatic hydroxyl groups is 2. The van der Waals surface area contributed by atoms with E-state index in [1.54, 1.807) is 20.8 Å². The summed E-state index contributed by atoms with van der Waals surface area (Å²) >= 11 is 0. The van der Waals surface area contributed by atoms with E-state index >= 15 is 0 Å². The van der Waals surface area contributed by atoms with Crippen molar-refractivity contribution in [2.45, 2.75) is 26.3 Å². The molecule has 6 heteroatoms. The maximum Gasteiger partial charge on any atom is 0.312 e. The smallest absolute Gasteiger partial charge is 0.312 e. The summed E-state index contributed by atoms with van der Waals surface area (Å²) in [7, 11) is 0. The van der Waals surface area contributed by atoms with Crippen LogP contribution in [-0.2, 0) is 9.59 Å². The van der Waals surface area contributed by atoms with Crippen molar-refractivity contribution in [3.63, 3.8) is 0 Å². The molecule has 16 heavy (non-hydrogen) atoms. The van der Waals surface area contributed by atoms with E-state index in [1.165, 1.54) is 0 Å². The summed E-state index contributed by atoms with van der Waals surface area (Å²) < 4.78 is 0. The van der Waals surface area contributed by atoms with Gasteiger partial charge in [0.1, 0.15) is 0 Å². The third-order valence-corrected chi connectivity index (χ3v) is 1.71. The monoisotopic (exact) mass is 232 g/mol. The fourth-order valence-corrected chi connectivity index (χ4v) is 1.09. The SMILES string of the molecule is CC(C)(C)NC(=O)C(=O)N(CCO)CCO. The second kappa shape index (κ2) is 6.44. The Kier molecular flexibility index (Phi) is 5.98. The Morgan fingerprint density at radius 3 is 1.88 bits per heavy atom. The van der Waals surface area contributed by atoms with Crippen LogP contribution in [0.2, 0.25) is 0 Å². The zero-order valence-electron chi connectivity index (χ0n) is 9.99. The molecule has 94 valence electrons. The highest BCUT2D eigenvalue weighted by molar-refractivity contribution is 6.35. The lowest BCUT2D eigenvalue weighted by Crippen LogP contribution is -2.50. The first-order valence-corrected chi connectivity index (χ1v) is 5.15. The lowest BCUT2D eigenvalue weighted by atomic mass is 10.1. The summed E-state index contributed by atoms with van der Waals surface area (Å²) in [6.07, 6.45) is 0. The normalized spacial score (nSPS) is 11.1. The molecular formula is C10H20N2O4. The Balaban J connectivity index is 4.43. The molecule has 0 fully saturated rings. The Morgan fingerprint density at radius 2 is 1.56 bits per heavy atom. The molecule has 0 aliphatic heterocycles. The molecule has 0 spiro atoms. The fourth-order valence-electron chi connectivity index (χ4n) is 1.09. The van der Waals surface area contributed by atoms with E-state index in [-0.39, 0.29) is 26.3 Å². The summed E-state index contributed by atoms with van der Waals surface area (Å²) in [6, 6.07) is 0. The van der Waals surface area contributed by atoms with Crippen LogP contribution in [0.4, 0.5) is 0 Å². The van der Waals surface area contributed by atoms with Gasteiger partial charge in [-0.15, -0.1) is 0 Å². The predicted molar refractivity (Wildman–Crippen MR) is 58.6 cm³/mol. The molecule has 0 aromatic carbocycles. The molecule has 0 aliphatic carbocycles. The van der Waals surface area contributed by atoms with E-state index in [2.05, 4.69) is 5.32 Å². The van der Waals surface area contributed by atoms with Gasteiger partial charge in [0.15, 0.2) is 0 Å². The van der Waals surface area contributed by atoms with Crippen molar-refractivity contribution in [3.05, 3.63) is 0 Å². The summed E-state index contributed by atoms with van der Waals surface area (Å²) in [5.74, 6) is -1.47. The first-order valence-electron chi connectivity index (χ1n) is 5.15. The second-order valence-corrected chi connectivity index (χ2v) is 4.44. The topological polar surface area (TPSA) is 89.9 Å². The molecule has 0 heterocycles. The number of amides is 2. The largest absolute Gasteiger partial charge is 0.395 e. The fraction of sp³-hybridized carbons (Fsp3) is 0.800. The highest BCUT2D eigenvalue weighted by Crippen LogP contribution is 1.99. The van der Waals surface area contributed by atoms with Crippen LogP contribution in [-0.4, -0.2) is 58.8 Å². The van der Waals surface area contributed by atoms with Crippen molar-refractivity contribution in [1.82, 2.24) is 10.2 Å². The number of nitrogens with zero attached hydrogens (tertiary/aromatic N) is 1. The minimum absolute atomic E-state index is 0.0386. The Hall–Kier alpha value is -1.14. The number of carbonyl (C=O) groups is 2. The summed E-state index contributed by atoms with van der Waals surface area (Å²) in [5, 5.41) is 20.0. The standard InChI is InChI=1S/C10H20N2O4/c1-10(2,3)11-8(15)9(16)12(4-6-13)5-7-14/h13-14H,4-7H2,1-3H3,(H,11,15). The molecule has 0 rings (SSSR count). The van der Waals surface area contributed by atoms with Gasteiger partial charge in [0.05, 0.1) is 13.2 Å². The van der Waals surface area contributed by atoms with E-state index in [4.69, 9.17) is 10.2 Å². The number of aliphatic hydroxyl groups excluding tert-OH is 2. The molecule has 0 aromatic rings. The summed E-state index contributed by atoms with van der Waals surface area (Å²) in [5.41, 5.74) is -0.489. The molecule has 6 nitrogen and oxygen atoms in total. The molecule has 0 aromatic heterocycles. The number of carbonyl (C=O) groups excluding carboxylic acids is 2. The predicted octanol–water partition coefficient (Wildman–Crippen LogP) is -1.29. The van der Waals surface area contributed by atoms with E-state index in [1.807, 2.05) is 0 Å². The van der Waals surface area contributed by atoms with Gasteiger partial charge in [0.25, 0.3) is 0 Å². The van der Waals surface area contributed by atoms with Crippen LogP contribution in [0.25, 0.3) is 0 Å². The van der Waals surface area contributed by atoms with Crippen LogP contribution >= 0.6 is 0 Å². The molecule has 0 atom stereocenters. The lowest BCUT2D eigenvalue weighted by molar-refractivity contribution is -0.147. The van der Waals surface area contributed by atoms with Crippen molar-refractivity contribution in [1.29, 1.82) is 0 Å². The zero-order chi connectivity index (χ0) is 12.8. The van der Waals surface area contributed by atoms with Gasteiger partial charge < -0.3 is 20.4 Å². The van der Waals surface area contributed by atoms with Gasteiger partial charge in [0.2, 0.25) is 0 Å².